The van der Waals surface area contributed by atoms with Crippen molar-refractivity contribution in [2.75, 3.05) is 11.9 Å². The smallest absolute Gasteiger partial charge is 0.142 e. The van der Waals surface area contributed by atoms with Crippen molar-refractivity contribution >= 4 is 21.6 Å². The van der Waals surface area contributed by atoms with Crippen LogP contribution in [0.4, 0.5) is 5.69 Å². The first-order valence-electron chi connectivity index (χ1n) is 7.05. The molecule has 112 valence electrons. The molecule has 3 nitrogen and oxygen atoms in total. The third-order valence-corrected chi connectivity index (χ3v) is 3.73. The Morgan fingerprint density at radius 1 is 1.19 bits per heavy atom. The zero-order valence-corrected chi connectivity index (χ0v) is 13.9. The van der Waals surface area contributed by atoms with E-state index in [4.69, 9.17) is 4.74 Å². The van der Waals surface area contributed by atoms with Gasteiger partial charge in [0.05, 0.1) is 16.8 Å². The highest BCUT2D eigenvalue weighted by molar-refractivity contribution is 9.10. The number of phenolic OH excluding ortho intramolecular Hbond substituents is 1. The van der Waals surface area contributed by atoms with E-state index < -0.39 is 0 Å². The summed E-state index contributed by atoms with van der Waals surface area (Å²) in [5, 5.41) is 12.9. The van der Waals surface area contributed by atoms with Gasteiger partial charge in [-0.3, -0.25) is 0 Å². The Hall–Kier alpha value is -1.68. The molecule has 0 heterocycles. The van der Waals surface area contributed by atoms with Gasteiger partial charge >= 0.3 is 0 Å². The zero-order valence-electron chi connectivity index (χ0n) is 12.3. The first-order valence-corrected chi connectivity index (χ1v) is 7.84. The highest BCUT2D eigenvalue weighted by atomic mass is 79.9. The molecule has 21 heavy (non-hydrogen) atoms. The molecule has 0 atom stereocenters. The van der Waals surface area contributed by atoms with E-state index in [9.17, 15) is 5.11 Å². The van der Waals surface area contributed by atoms with Crippen molar-refractivity contribution in [1.29, 1.82) is 0 Å². The normalized spacial score (nSPS) is 10.4. The summed E-state index contributed by atoms with van der Waals surface area (Å²) in [5.41, 5.74) is 3.25. The number of benzene rings is 2. The monoisotopic (exact) mass is 349 g/mol. The summed E-state index contributed by atoms with van der Waals surface area (Å²) < 4.78 is 6.49. The van der Waals surface area contributed by atoms with Crippen LogP contribution in [-0.2, 0) is 6.54 Å². The van der Waals surface area contributed by atoms with Crippen LogP contribution in [0.5, 0.6) is 11.5 Å². The molecule has 0 spiro atoms. The fourth-order valence-corrected chi connectivity index (χ4v) is 2.39. The van der Waals surface area contributed by atoms with Gasteiger partial charge in [0.25, 0.3) is 0 Å². The maximum absolute atomic E-state index is 9.51. The van der Waals surface area contributed by atoms with Gasteiger partial charge in [0.2, 0.25) is 0 Å². The number of anilines is 1. The molecule has 0 aliphatic rings. The van der Waals surface area contributed by atoms with Crippen molar-refractivity contribution < 1.29 is 9.84 Å². The molecule has 2 N–H and O–H groups in total. The third kappa shape index (κ3) is 4.39. The Labute approximate surface area is 134 Å². The molecule has 2 aromatic carbocycles. The van der Waals surface area contributed by atoms with Crippen LogP contribution < -0.4 is 10.1 Å². The van der Waals surface area contributed by atoms with Gasteiger partial charge in [-0.05, 0) is 64.7 Å². The van der Waals surface area contributed by atoms with Gasteiger partial charge in [0, 0.05) is 6.54 Å². The lowest BCUT2D eigenvalue weighted by Crippen LogP contribution is -2.04. The number of aryl methyl sites for hydroxylation is 1. The first kappa shape index (κ1) is 15.7. The van der Waals surface area contributed by atoms with Crippen molar-refractivity contribution in [2.45, 2.75) is 26.8 Å². The van der Waals surface area contributed by atoms with Gasteiger partial charge in [-0.2, -0.15) is 0 Å². The second-order valence-corrected chi connectivity index (χ2v) is 5.84. The number of aromatic hydroxyl groups is 1. The van der Waals surface area contributed by atoms with E-state index >= 15 is 0 Å². The lowest BCUT2D eigenvalue weighted by Gasteiger charge is -2.14. The minimum absolute atomic E-state index is 0.251. The minimum Gasteiger partial charge on any atom is -0.507 e. The lowest BCUT2D eigenvalue weighted by atomic mass is 10.2. The van der Waals surface area contributed by atoms with Crippen LogP contribution >= 0.6 is 15.9 Å². The predicted molar refractivity (Wildman–Crippen MR) is 90.1 cm³/mol. The Balaban J connectivity index is 2.09. The number of hydrogen-bond donors (Lipinski definition) is 2. The Morgan fingerprint density at radius 3 is 2.71 bits per heavy atom. The predicted octanol–water partition coefficient (Wildman–Crippen LogP) is 4.86. The lowest BCUT2D eigenvalue weighted by molar-refractivity contribution is 0.318. The van der Waals surface area contributed by atoms with E-state index in [2.05, 4.69) is 41.2 Å². The minimum atomic E-state index is 0.251. The molecular formula is C17H20BrNO2. The average molecular weight is 350 g/mol. The van der Waals surface area contributed by atoms with Crippen LogP contribution in [0.2, 0.25) is 0 Å². The third-order valence-electron chi connectivity index (χ3n) is 3.09. The van der Waals surface area contributed by atoms with Gasteiger partial charge in [-0.1, -0.05) is 19.1 Å². The van der Waals surface area contributed by atoms with Crippen molar-refractivity contribution in [3.63, 3.8) is 0 Å². The molecular weight excluding hydrogens is 330 g/mol. The van der Waals surface area contributed by atoms with Crippen LogP contribution in [0.15, 0.2) is 40.9 Å². The number of halogens is 1. The van der Waals surface area contributed by atoms with E-state index in [-0.39, 0.29) is 5.75 Å². The van der Waals surface area contributed by atoms with Crippen molar-refractivity contribution in [2.24, 2.45) is 0 Å². The second-order valence-electron chi connectivity index (χ2n) is 4.99. The number of nitrogens with one attached hydrogen (secondary N) is 1. The topological polar surface area (TPSA) is 41.5 Å². The maximum atomic E-state index is 9.51. The summed E-state index contributed by atoms with van der Waals surface area (Å²) in [6.07, 6.45) is 0.984. The quantitative estimate of drug-likeness (QED) is 0.781. The molecule has 0 aromatic heterocycles. The molecule has 0 unspecified atom stereocenters. The van der Waals surface area contributed by atoms with Crippen LogP contribution in [0, 0.1) is 6.92 Å². The van der Waals surface area contributed by atoms with Crippen LogP contribution in [0.1, 0.15) is 24.5 Å². The Bertz CT molecular complexity index is 614. The van der Waals surface area contributed by atoms with Gasteiger partial charge in [0.15, 0.2) is 0 Å². The zero-order chi connectivity index (χ0) is 15.2. The molecule has 2 rings (SSSR count). The number of phenols is 1. The molecule has 0 saturated heterocycles. The van der Waals surface area contributed by atoms with E-state index in [1.807, 2.05) is 24.3 Å². The molecule has 2 aromatic rings. The standard InChI is InChI=1S/C17H20BrNO2/c1-3-8-21-17-9-12(2)4-6-15(17)19-11-13-5-7-16(20)14(18)10-13/h4-7,9-10,19-20H,3,8,11H2,1-2H3. The van der Waals surface area contributed by atoms with E-state index in [0.717, 1.165) is 23.4 Å². The van der Waals surface area contributed by atoms with E-state index in [1.165, 1.54) is 5.56 Å². The molecule has 0 amide bonds. The summed E-state index contributed by atoms with van der Waals surface area (Å²) in [4.78, 5) is 0. The van der Waals surface area contributed by atoms with Crippen LogP contribution in [0.25, 0.3) is 0 Å². The van der Waals surface area contributed by atoms with Crippen molar-refractivity contribution in [1.82, 2.24) is 0 Å². The molecule has 0 fully saturated rings. The van der Waals surface area contributed by atoms with Crippen LogP contribution in [-0.4, -0.2) is 11.7 Å². The molecule has 0 saturated carbocycles. The SMILES string of the molecule is CCCOc1cc(C)ccc1NCc1ccc(O)c(Br)c1. The molecule has 4 heteroatoms. The molecule has 0 aliphatic carbocycles. The Morgan fingerprint density at radius 2 is 2.00 bits per heavy atom. The summed E-state index contributed by atoms with van der Waals surface area (Å²) in [6, 6.07) is 11.6. The molecule has 0 bridgehead atoms. The summed E-state index contributed by atoms with van der Waals surface area (Å²) >= 11 is 3.33. The van der Waals surface area contributed by atoms with Gasteiger partial charge in [-0.15, -0.1) is 0 Å². The second kappa shape index (κ2) is 7.36. The summed E-state index contributed by atoms with van der Waals surface area (Å²) in [6.45, 7) is 5.53. The first-order chi connectivity index (χ1) is 10.1. The largest absolute Gasteiger partial charge is 0.507 e. The van der Waals surface area contributed by atoms with Crippen molar-refractivity contribution in [3.8, 4) is 11.5 Å². The molecule has 0 aliphatic heterocycles. The molecule has 0 radical (unpaired) electrons. The summed E-state index contributed by atoms with van der Waals surface area (Å²) in [5.74, 6) is 1.13. The van der Waals surface area contributed by atoms with Crippen LogP contribution in [0.3, 0.4) is 0 Å². The number of hydrogen-bond acceptors (Lipinski definition) is 3. The maximum Gasteiger partial charge on any atom is 0.142 e. The van der Waals surface area contributed by atoms with Crippen molar-refractivity contribution in [3.05, 3.63) is 52.0 Å². The average Bonchev–Trinajstić information content (AvgIpc) is 2.47. The van der Waals surface area contributed by atoms with Gasteiger partial charge in [0.1, 0.15) is 11.5 Å². The fourth-order valence-electron chi connectivity index (χ4n) is 1.96. The number of ether oxygens (including phenoxy) is 1. The highest BCUT2D eigenvalue weighted by Gasteiger charge is 2.05. The highest BCUT2D eigenvalue weighted by Crippen LogP contribution is 2.28. The number of rotatable bonds is 6. The van der Waals surface area contributed by atoms with E-state index in [1.54, 1.807) is 6.07 Å². The Kier molecular flexibility index (Phi) is 5.51. The van der Waals surface area contributed by atoms with Gasteiger partial charge in [-0.25, -0.2) is 0 Å². The van der Waals surface area contributed by atoms with E-state index in [0.29, 0.717) is 17.6 Å². The van der Waals surface area contributed by atoms with Gasteiger partial charge < -0.3 is 15.2 Å². The fraction of sp³-hybridized carbons (Fsp3) is 0.294. The summed E-state index contributed by atoms with van der Waals surface area (Å²) in [7, 11) is 0.